The van der Waals surface area contributed by atoms with Crippen molar-refractivity contribution in [2.24, 2.45) is 0 Å². The molecule has 0 aliphatic heterocycles. The second kappa shape index (κ2) is 9.30. The highest BCUT2D eigenvalue weighted by molar-refractivity contribution is 7.71. The van der Waals surface area contributed by atoms with Crippen LogP contribution < -0.4 is 10.1 Å². The van der Waals surface area contributed by atoms with E-state index in [1.165, 1.54) is 0 Å². The first-order valence-corrected chi connectivity index (χ1v) is 9.66. The summed E-state index contributed by atoms with van der Waals surface area (Å²) in [4.78, 5) is 13.1. The molecule has 8 heteroatoms. The average Bonchev–Trinajstić information content (AvgIpc) is 3.30. The Morgan fingerprint density at radius 1 is 1.27 bits per heavy atom. The van der Waals surface area contributed by atoms with Gasteiger partial charge in [-0.2, -0.15) is 5.10 Å². The number of H-pyrrole nitrogens is 1. The molecule has 2 N–H and O–H groups in total. The Bertz CT molecular complexity index is 872. The number of rotatable bonds is 9. The molecule has 0 saturated heterocycles. The van der Waals surface area contributed by atoms with Crippen LogP contribution in [-0.4, -0.2) is 33.8 Å². The van der Waals surface area contributed by atoms with Crippen molar-refractivity contribution in [3.8, 4) is 16.5 Å². The largest absolute Gasteiger partial charge is 0.494 e. The maximum Gasteiger partial charge on any atom is 0.221 e. The van der Waals surface area contributed by atoms with Gasteiger partial charge in [0.15, 0.2) is 10.6 Å². The van der Waals surface area contributed by atoms with E-state index in [-0.39, 0.29) is 5.91 Å². The first-order valence-electron chi connectivity index (χ1n) is 8.37. The molecule has 26 heavy (non-hydrogen) atoms. The van der Waals surface area contributed by atoms with Gasteiger partial charge >= 0.3 is 0 Å². The molecule has 136 valence electrons. The lowest BCUT2D eigenvalue weighted by Crippen LogP contribution is -2.26. The van der Waals surface area contributed by atoms with Crippen molar-refractivity contribution in [2.45, 2.75) is 19.4 Å². The minimum atomic E-state index is -0.00931. The normalized spacial score (nSPS) is 10.6. The Kier molecular flexibility index (Phi) is 6.56. The number of hydrogen-bond donors (Lipinski definition) is 2. The quantitative estimate of drug-likeness (QED) is 0.434. The van der Waals surface area contributed by atoms with Crippen LogP contribution in [0.15, 0.2) is 47.8 Å². The predicted molar refractivity (Wildman–Crippen MR) is 105 cm³/mol. The summed E-state index contributed by atoms with van der Waals surface area (Å²) in [5, 5.41) is 12.0. The predicted octanol–water partition coefficient (Wildman–Crippen LogP) is 3.64. The lowest BCUT2D eigenvalue weighted by Gasteiger charge is -2.08. The van der Waals surface area contributed by atoms with Gasteiger partial charge in [-0.05, 0) is 42.2 Å². The van der Waals surface area contributed by atoms with Gasteiger partial charge in [-0.25, -0.2) is 0 Å². The molecule has 1 amide bonds. The van der Waals surface area contributed by atoms with Crippen LogP contribution in [0.3, 0.4) is 0 Å². The van der Waals surface area contributed by atoms with Crippen LogP contribution in [0.4, 0.5) is 0 Å². The maximum absolute atomic E-state index is 12.1. The van der Waals surface area contributed by atoms with Gasteiger partial charge in [0.25, 0.3) is 0 Å². The molecule has 3 rings (SSSR count). The zero-order chi connectivity index (χ0) is 18.2. The molecule has 2 aromatic heterocycles. The first-order chi connectivity index (χ1) is 12.7. The number of para-hydroxylation sites is 1. The van der Waals surface area contributed by atoms with Gasteiger partial charge in [0.05, 0.1) is 11.5 Å². The molecule has 0 aliphatic rings. The third kappa shape index (κ3) is 5.03. The zero-order valence-electron chi connectivity index (χ0n) is 14.2. The van der Waals surface area contributed by atoms with Crippen molar-refractivity contribution in [3.63, 3.8) is 0 Å². The zero-order valence-corrected chi connectivity index (χ0v) is 15.8. The van der Waals surface area contributed by atoms with Crippen molar-refractivity contribution >= 4 is 29.5 Å². The Morgan fingerprint density at radius 2 is 2.12 bits per heavy atom. The number of aromatic amines is 1. The fourth-order valence-corrected chi connectivity index (χ4v) is 3.37. The van der Waals surface area contributed by atoms with Crippen molar-refractivity contribution in [1.82, 2.24) is 20.1 Å². The molecule has 0 atom stereocenters. The topological polar surface area (TPSA) is 71.9 Å². The minimum absolute atomic E-state index is 0.00931. The van der Waals surface area contributed by atoms with Gasteiger partial charge in [-0.1, -0.05) is 24.3 Å². The molecule has 0 saturated carbocycles. The van der Waals surface area contributed by atoms with E-state index in [4.69, 9.17) is 17.0 Å². The van der Waals surface area contributed by atoms with Crippen LogP contribution in [0.1, 0.15) is 12.8 Å². The molecule has 0 fully saturated rings. The summed E-state index contributed by atoms with van der Waals surface area (Å²) in [5.74, 6) is 1.60. The highest BCUT2D eigenvalue weighted by Gasteiger charge is 2.11. The number of carbonyl (C=O) groups is 1. The number of nitrogens with one attached hydrogen (secondary N) is 2. The Morgan fingerprint density at radius 3 is 2.88 bits per heavy atom. The minimum Gasteiger partial charge on any atom is -0.494 e. The fourth-order valence-electron chi connectivity index (χ4n) is 2.43. The smallest absolute Gasteiger partial charge is 0.221 e. The van der Waals surface area contributed by atoms with Gasteiger partial charge in [-0.3, -0.25) is 14.5 Å². The lowest BCUT2D eigenvalue weighted by atomic mass is 10.3. The molecular weight excluding hydrogens is 368 g/mol. The van der Waals surface area contributed by atoms with Gasteiger partial charge in [0.2, 0.25) is 5.91 Å². The SMILES string of the molecule is O=C(CCn1c(-c2cccs2)n[nH]c1=S)NCCCOc1ccccc1. The van der Waals surface area contributed by atoms with E-state index in [1.54, 1.807) is 11.3 Å². The number of thiophene rings is 1. The van der Waals surface area contributed by atoms with E-state index in [1.807, 2.05) is 52.4 Å². The average molecular weight is 389 g/mol. The summed E-state index contributed by atoms with van der Waals surface area (Å²) in [6.07, 6.45) is 1.11. The highest BCUT2D eigenvalue weighted by atomic mass is 32.1. The van der Waals surface area contributed by atoms with Crippen LogP contribution in [0, 0.1) is 4.77 Å². The molecule has 2 heterocycles. The van der Waals surface area contributed by atoms with Gasteiger partial charge in [0.1, 0.15) is 5.75 Å². The molecule has 0 radical (unpaired) electrons. The summed E-state index contributed by atoms with van der Waals surface area (Å²) in [7, 11) is 0. The van der Waals surface area contributed by atoms with Crippen LogP contribution in [0.25, 0.3) is 10.7 Å². The number of aromatic nitrogens is 3. The fraction of sp³-hybridized carbons (Fsp3) is 0.278. The van der Waals surface area contributed by atoms with E-state index < -0.39 is 0 Å². The third-order valence-electron chi connectivity index (χ3n) is 3.72. The van der Waals surface area contributed by atoms with Crippen molar-refractivity contribution in [2.75, 3.05) is 13.2 Å². The number of benzene rings is 1. The Labute approximate surface area is 160 Å². The summed E-state index contributed by atoms with van der Waals surface area (Å²) < 4.78 is 7.98. The van der Waals surface area contributed by atoms with Crippen LogP contribution in [0.2, 0.25) is 0 Å². The second-order valence-electron chi connectivity index (χ2n) is 5.60. The van der Waals surface area contributed by atoms with Crippen LogP contribution in [-0.2, 0) is 11.3 Å². The number of carbonyl (C=O) groups excluding carboxylic acids is 1. The third-order valence-corrected chi connectivity index (χ3v) is 4.90. The summed E-state index contributed by atoms with van der Waals surface area (Å²) >= 11 is 6.86. The van der Waals surface area contributed by atoms with Crippen molar-refractivity contribution < 1.29 is 9.53 Å². The van der Waals surface area contributed by atoms with Gasteiger partial charge < -0.3 is 10.1 Å². The van der Waals surface area contributed by atoms with E-state index in [0.29, 0.717) is 30.9 Å². The second-order valence-corrected chi connectivity index (χ2v) is 6.93. The number of ether oxygens (including phenoxy) is 1. The first kappa shape index (κ1) is 18.3. The Hall–Kier alpha value is -2.45. The van der Waals surface area contributed by atoms with Crippen molar-refractivity contribution in [3.05, 3.63) is 52.6 Å². The number of hydrogen-bond acceptors (Lipinski definition) is 5. The molecule has 0 bridgehead atoms. The molecular formula is C18H20N4O2S2. The highest BCUT2D eigenvalue weighted by Crippen LogP contribution is 2.22. The van der Waals surface area contributed by atoms with Gasteiger partial charge in [-0.15, -0.1) is 11.3 Å². The maximum atomic E-state index is 12.1. The summed E-state index contributed by atoms with van der Waals surface area (Å²) in [6, 6.07) is 13.6. The van der Waals surface area contributed by atoms with Crippen LogP contribution >= 0.6 is 23.6 Å². The number of nitrogens with zero attached hydrogens (tertiary/aromatic N) is 2. The summed E-state index contributed by atoms with van der Waals surface area (Å²) in [5.41, 5.74) is 0. The van der Waals surface area contributed by atoms with E-state index in [2.05, 4.69) is 15.5 Å². The van der Waals surface area contributed by atoms with Gasteiger partial charge in [0, 0.05) is 19.5 Å². The molecule has 3 aromatic rings. The molecule has 0 aliphatic carbocycles. The van der Waals surface area contributed by atoms with Crippen LogP contribution in [0.5, 0.6) is 5.75 Å². The standard InChI is InChI=1S/C18H20N4O2S2/c23-16(19-10-5-12-24-14-6-2-1-3-7-14)9-11-22-17(20-21-18(22)25)15-8-4-13-26-15/h1-4,6-8,13H,5,9-12H2,(H,19,23)(H,21,25). The van der Waals surface area contributed by atoms with E-state index >= 15 is 0 Å². The molecule has 1 aromatic carbocycles. The van der Waals surface area contributed by atoms with E-state index in [0.717, 1.165) is 22.9 Å². The number of amides is 1. The monoisotopic (exact) mass is 388 g/mol. The van der Waals surface area contributed by atoms with Crippen molar-refractivity contribution in [1.29, 1.82) is 0 Å². The van der Waals surface area contributed by atoms with E-state index in [9.17, 15) is 4.79 Å². The molecule has 0 spiro atoms. The Balaban J connectivity index is 1.40. The summed E-state index contributed by atoms with van der Waals surface area (Å²) in [6.45, 7) is 1.65. The molecule has 0 unspecified atom stereocenters. The molecule has 6 nitrogen and oxygen atoms in total. The lowest BCUT2D eigenvalue weighted by molar-refractivity contribution is -0.121.